The first-order valence-corrected chi connectivity index (χ1v) is 9.76. The minimum absolute atomic E-state index is 0.0267. The third kappa shape index (κ3) is 4.55. The van der Waals surface area contributed by atoms with Crippen LogP contribution in [0.4, 0.5) is 0 Å². The molecule has 1 aliphatic rings. The monoisotopic (exact) mass is 469 g/mol. The van der Waals surface area contributed by atoms with Crippen molar-refractivity contribution >= 4 is 33.9 Å². The first-order valence-electron chi connectivity index (χ1n) is 8.97. The second-order valence-electron chi connectivity index (χ2n) is 6.26. The van der Waals surface area contributed by atoms with E-state index in [9.17, 15) is 9.59 Å². The van der Waals surface area contributed by atoms with Gasteiger partial charge in [-0.25, -0.2) is 4.79 Å². The summed E-state index contributed by atoms with van der Waals surface area (Å²) in [7, 11) is 0. The number of esters is 1. The highest BCUT2D eigenvalue weighted by atomic mass is 79.9. The van der Waals surface area contributed by atoms with E-state index >= 15 is 0 Å². The third-order valence-corrected chi connectivity index (χ3v) is 4.91. The molecule has 0 atom stereocenters. The summed E-state index contributed by atoms with van der Waals surface area (Å²) in [6.07, 6.45) is 3.00. The number of nitrogens with one attached hydrogen (secondary N) is 1. The van der Waals surface area contributed by atoms with Crippen LogP contribution in [0.1, 0.15) is 21.7 Å². The molecule has 4 rings (SSSR count). The maximum absolute atomic E-state index is 12.7. The summed E-state index contributed by atoms with van der Waals surface area (Å²) in [4.78, 5) is 25.5. The van der Waals surface area contributed by atoms with Crippen LogP contribution < -0.4 is 14.8 Å². The van der Waals surface area contributed by atoms with Gasteiger partial charge in [0, 0.05) is 4.47 Å². The van der Waals surface area contributed by atoms with Gasteiger partial charge in [-0.3, -0.25) is 4.79 Å². The summed E-state index contributed by atoms with van der Waals surface area (Å²) in [6, 6.07) is 15.5. The standard InChI is InChI=1S/C22H16BrNO6/c23-17-6-2-1-5-16(17)21(25)24-18(22(26)28-12-15-4-3-9-27-15)10-14-7-8-19-20(11-14)30-13-29-19/h1-11H,12-13H2,(H,24,25). The van der Waals surface area contributed by atoms with E-state index in [1.165, 1.54) is 12.3 Å². The van der Waals surface area contributed by atoms with Gasteiger partial charge in [-0.05, 0) is 64.0 Å². The average molecular weight is 470 g/mol. The van der Waals surface area contributed by atoms with Crippen LogP contribution in [0, 0.1) is 0 Å². The molecule has 8 heteroatoms. The highest BCUT2D eigenvalue weighted by Crippen LogP contribution is 2.33. The van der Waals surface area contributed by atoms with E-state index < -0.39 is 11.9 Å². The summed E-state index contributed by atoms with van der Waals surface area (Å²) in [6.45, 7) is 0.0779. The number of hydrogen-bond acceptors (Lipinski definition) is 6. The Morgan fingerprint density at radius 3 is 2.70 bits per heavy atom. The number of fused-ring (bicyclic) bond motifs is 1. The molecule has 1 N–H and O–H groups in total. The largest absolute Gasteiger partial charge is 0.466 e. The predicted octanol–water partition coefficient (Wildman–Crippen LogP) is 4.29. The van der Waals surface area contributed by atoms with Gasteiger partial charge in [0.05, 0.1) is 11.8 Å². The van der Waals surface area contributed by atoms with E-state index in [-0.39, 0.29) is 19.1 Å². The lowest BCUT2D eigenvalue weighted by atomic mass is 10.1. The van der Waals surface area contributed by atoms with Crippen molar-refractivity contribution in [1.82, 2.24) is 5.32 Å². The van der Waals surface area contributed by atoms with Gasteiger partial charge >= 0.3 is 5.97 Å². The van der Waals surface area contributed by atoms with Gasteiger partial charge in [-0.2, -0.15) is 0 Å². The Balaban J connectivity index is 1.59. The van der Waals surface area contributed by atoms with Crippen molar-refractivity contribution in [2.75, 3.05) is 6.79 Å². The van der Waals surface area contributed by atoms with Crippen molar-refractivity contribution in [3.8, 4) is 11.5 Å². The number of carbonyl (C=O) groups excluding carboxylic acids is 2. The SMILES string of the molecule is O=C(OCc1ccco1)C(=Cc1ccc2c(c1)OCO2)NC(=O)c1ccccc1Br. The van der Waals surface area contributed by atoms with Crippen LogP contribution in [0.15, 0.2) is 75.4 Å². The van der Waals surface area contributed by atoms with E-state index in [2.05, 4.69) is 21.2 Å². The number of carbonyl (C=O) groups is 2. The van der Waals surface area contributed by atoms with E-state index in [0.29, 0.717) is 32.9 Å². The third-order valence-electron chi connectivity index (χ3n) is 4.22. The fourth-order valence-electron chi connectivity index (χ4n) is 2.76. The highest BCUT2D eigenvalue weighted by Gasteiger charge is 2.19. The van der Waals surface area contributed by atoms with Gasteiger partial charge in [0.25, 0.3) is 5.91 Å². The molecule has 1 aromatic heterocycles. The van der Waals surface area contributed by atoms with Gasteiger partial charge in [-0.15, -0.1) is 0 Å². The Kier molecular flexibility index (Phi) is 5.85. The van der Waals surface area contributed by atoms with E-state index in [1.54, 1.807) is 54.6 Å². The minimum atomic E-state index is -0.704. The summed E-state index contributed by atoms with van der Waals surface area (Å²) >= 11 is 3.34. The van der Waals surface area contributed by atoms with Gasteiger partial charge in [0.1, 0.15) is 18.1 Å². The number of furan rings is 1. The van der Waals surface area contributed by atoms with Crippen molar-refractivity contribution in [3.63, 3.8) is 0 Å². The molecule has 0 fully saturated rings. The fraction of sp³-hybridized carbons (Fsp3) is 0.0909. The fourth-order valence-corrected chi connectivity index (χ4v) is 3.22. The first kappa shape index (κ1) is 19.8. The van der Waals surface area contributed by atoms with Crippen LogP contribution >= 0.6 is 15.9 Å². The van der Waals surface area contributed by atoms with Crippen molar-refractivity contribution in [2.24, 2.45) is 0 Å². The number of amides is 1. The van der Waals surface area contributed by atoms with Crippen molar-refractivity contribution in [3.05, 3.63) is 87.9 Å². The van der Waals surface area contributed by atoms with E-state index in [1.807, 2.05) is 0 Å². The molecule has 0 unspecified atom stereocenters. The summed E-state index contributed by atoms with van der Waals surface area (Å²) in [5.41, 5.74) is 0.991. The second kappa shape index (κ2) is 8.87. The maximum atomic E-state index is 12.7. The molecule has 0 radical (unpaired) electrons. The lowest BCUT2D eigenvalue weighted by Gasteiger charge is -2.11. The van der Waals surface area contributed by atoms with Crippen molar-refractivity contribution < 1.29 is 28.2 Å². The lowest BCUT2D eigenvalue weighted by molar-refractivity contribution is -0.141. The lowest BCUT2D eigenvalue weighted by Crippen LogP contribution is -2.28. The normalized spacial score (nSPS) is 12.5. The predicted molar refractivity (Wildman–Crippen MR) is 111 cm³/mol. The zero-order valence-corrected chi connectivity index (χ0v) is 17.2. The van der Waals surface area contributed by atoms with E-state index in [4.69, 9.17) is 18.6 Å². The van der Waals surface area contributed by atoms with Crippen LogP contribution in [-0.4, -0.2) is 18.7 Å². The molecule has 0 aliphatic carbocycles. The van der Waals surface area contributed by atoms with Crippen LogP contribution in [0.25, 0.3) is 6.08 Å². The molecule has 0 bridgehead atoms. The van der Waals surface area contributed by atoms with Crippen molar-refractivity contribution in [2.45, 2.75) is 6.61 Å². The summed E-state index contributed by atoms with van der Waals surface area (Å²) < 4.78 is 21.8. The molecule has 1 amide bonds. The molecule has 1 aliphatic heterocycles. The molecule has 152 valence electrons. The van der Waals surface area contributed by atoms with Gasteiger partial charge in [0.15, 0.2) is 11.5 Å². The number of rotatable bonds is 6. The zero-order valence-electron chi connectivity index (χ0n) is 15.6. The molecule has 7 nitrogen and oxygen atoms in total. The topological polar surface area (TPSA) is 87.0 Å². The Bertz CT molecular complexity index is 1110. The first-order chi connectivity index (χ1) is 14.6. The van der Waals surface area contributed by atoms with Gasteiger partial charge in [-0.1, -0.05) is 18.2 Å². The number of hydrogen-bond donors (Lipinski definition) is 1. The molecular formula is C22H16BrNO6. The molecule has 2 heterocycles. The molecule has 30 heavy (non-hydrogen) atoms. The van der Waals surface area contributed by atoms with E-state index in [0.717, 1.165) is 0 Å². The van der Waals surface area contributed by atoms with Crippen LogP contribution in [0.3, 0.4) is 0 Å². The van der Waals surface area contributed by atoms with Gasteiger partial charge < -0.3 is 23.9 Å². The Hall–Kier alpha value is -3.52. The second-order valence-corrected chi connectivity index (χ2v) is 7.11. The molecule has 0 saturated carbocycles. The molecule has 3 aromatic rings. The number of ether oxygens (including phenoxy) is 3. The Morgan fingerprint density at radius 1 is 1.07 bits per heavy atom. The Labute approximate surface area is 180 Å². The Morgan fingerprint density at radius 2 is 1.90 bits per heavy atom. The van der Waals surface area contributed by atoms with Crippen LogP contribution in [0.2, 0.25) is 0 Å². The maximum Gasteiger partial charge on any atom is 0.355 e. The average Bonchev–Trinajstić information content (AvgIpc) is 3.43. The number of halogens is 1. The smallest absolute Gasteiger partial charge is 0.355 e. The highest BCUT2D eigenvalue weighted by molar-refractivity contribution is 9.10. The summed E-state index contributed by atoms with van der Waals surface area (Å²) in [5.74, 6) is 0.507. The number of benzene rings is 2. The molecule has 0 spiro atoms. The zero-order chi connectivity index (χ0) is 20.9. The van der Waals surface area contributed by atoms with Crippen molar-refractivity contribution in [1.29, 1.82) is 0 Å². The minimum Gasteiger partial charge on any atom is -0.466 e. The molecular weight excluding hydrogens is 454 g/mol. The molecule has 2 aromatic carbocycles. The van der Waals surface area contributed by atoms with Crippen LogP contribution in [-0.2, 0) is 16.1 Å². The van der Waals surface area contributed by atoms with Crippen LogP contribution in [0.5, 0.6) is 11.5 Å². The quantitative estimate of drug-likeness (QED) is 0.428. The molecule has 0 saturated heterocycles. The van der Waals surface area contributed by atoms with Gasteiger partial charge in [0.2, 0.25) is 6.79 Å². The summed E-state index contributed by atoms with van der Waals surface area (Å²) in [5, 5.41) is 2.64.